The molecule has 0 fully saturated rings. The monoisotopic (exact) mass is 328 g/mol. The second-order valence-electron chi connectivity index (χ2n) is 3.87. The Labute approximate surface area is 127 Å². The number of halogens is 1. The third kappa shape index (κ3) is 4.49. The molecule has 1 aromatic carbocycles. The molecule has 4 nitrogen and oxygen atoms in total. The topological polar surface area (TPSA) is 59.1 Å². The SMILES string of the molecule is O=S(=O)(NCCSc1ccccn1)c1ccc(Cl)cc1. The van der Waals surface area contributed by atoms with Crippen LogP contribution in [-0.4, -0.2) is 25.7 Å². The fraction of sp³-hybridized carbons (Fsp3) is 0.154. The van der Waals surface area contributed by atoms with Crippen LogP contribution in [0.5, 0.6) is 0 Å². The van der Waals surface area contributed by atoms with E-state index in [9.17, 15) is 8.42 Å². The Morgan fingerprint density at radius 1 is 1.15 bits per heavy atom. The average Bonchev–Trinajstić information content (AvgIpc) is 2.45. The molecule has 1 aromatic heterocycles. The molecule has 1 heterocycles. The second-order valence-corrected chi connectivity index (χ2v) is 7.19. The summed E-state index contributed by atoms with van der Waals surface area (Å²) in [5, 5.41) is 1.38. The van der Waals surface area contributed by atoms with Crippen molar-refractivity contribution < 1.29 is 8.42 Å². The van der Waals surface area contributed by atoms with Gasteiger partial charge in [0.25, 0.3) is 0 Å². The maximum Gasteiger partial charge on any atom is 0.240 e. The van der Waals surface area contributed by atoms with E-state index in [0.717, 1.165) is 5.03 Å². The fourth-order valence-corrected chi connectivity index (χ4v) is 3.47. The van der Waals surface area contributed by atoms with Gasteiger partial charge in [-0.15, -0.1) is 11.8 Å². The number of pyridine rings is 1. The van der Waals surface area contributed by atoms with Crippen LogP contribution in [0.3, 0.4) is 0 Å². The van der Waals surface area contributed by atoms with Crippen molar-refractivity contribution in [1.29, 1.82) is 0 Å². The number of rotatable bonds is 6. The number of aromatic nitrogens is 1. The number of hydrogen-bond donors (Lipinski definition) is 1. The van der Waals surface area contributed by atoms with Crippen LogP contribution in [0.15, 0.2) is 58.6 Å². The van der Waals surface area contributed by atoms with Gasteiger partial charge in [0.2, 0.25) is 10.0 Å². The lowest BCUT2D eigenvalue weighted by atomic mass is 10.4. The Balaban J connectivity index is 1.85. The van der Waals surface area contributed by atoms with Gasteiger partial charge >= 0.3 is 0 Å². The summed E-state index contributed by atoms with van der Waals surface area (Å²) >= 11 is 7.23. The maximum absolute atomic E-state index is 12.0. The number of nitrogens with zero attached hydrogens (tertiary/aromatic N) is 1. The van der Waals surface area contributed by atoms with Crippen molar-refractivity contribution in [3.05, 3.63) is 53.7 Å². The molecule has 0 aliphatic carbocycles. The molecule has 0 saturated carbocycles. The highest BCUT2D eigenvalue weighted by molar-refractivity contribution is 7.99. The van der Waals surface area contributed by atoms with Gasteiger partial charge in [-0.05, 0) is 36.4 Å². The van der Waals surface area contributed by atoms with Crippen LogP contribution in [0.1, 0.15) is 0 Å². The minimum atomic E-state index is -3.47. The zero-order chi connectivity index (χ0) is 14.4. The van der Waals surface area contributed by atoms with Gasteiger partial charge in [0.1, 0.15) is 0 Å². The standard InChI is InChI=1S/C13H13ClN2O2S2/c14-11-4-6-12(7-5-11)20(17,18)16-9-10-19-13-3-1-2-8-15-13/h1-8,16H,9-10H2. The van der Waals surface area contributed by atoms with Crippen LogP contribution < -0.4 is 4.72 Å². The molecule has 20 heavy (non-hydrogen) atoms. The third-order valence-corrected chi connectivity index (χ3v) is 5.08. The highest BCUT2D eigenvalue weighted by Gasteiger charge is 2.12. The van der Waals surface area contributed by atoms with Gasteiger partial charge in [-0.25, -0.2) is 18.1 Å². The maximum atomic E-state index is 12.0. The van der Waals surface area contributed by atoms with Crippen molar-refractivity contribution in [3.63, 3.8) is 0 Å². The molecule has 106 valence electrons. The molecule has 0 aliphatic heterocycles. The molecule has 2 aromatic rings. The lowest BCUT2D eigenvalue weighted by molar-refractivity contribution is 0.584. The molecule has 0 aliphatic rings. The van der Waals surface area contributed by atoms with Crippen LogP contribution in [0.2, 0.25) is 5.02 Å². The first-order valence-electron chi connectivity index (χ1n) is 5.87. The third-order valence-electron chi connectivity index (χ3n) is 2.41. The van der Waals surface area contributed by atoms with Crippen LogP contribution >= 0.6 is 23.4 Å². The molecule has 7 heteroatoms. The number of hydrogen-bond acceptors (Lipinski definition) is 4. The molecule has 0 spiro atoms. The van der Waals surface area contributed by atoms with Crippen molar-refractivity contribution in [2.45, 2.75) is 9.92 Å². The zero-order valence-corrected chi connectivity index (χ0v) is 12.9. The van der Waals surface area contributed by atoms with Gasteiger partial charge in [0.15, 0.2) is 0 Å². The van der Waals surface area contributed by atoms with Gasteiger partial charge in [-0.2, -0.15) is 0 Å². The van der Waals surface area contributed by atoms with Crippen LogP contribution in [0.4, 0.5) is 0 Å². The highest BCUT2D eigenvalue weighted by Crippen LogP contribution is 2.15. The summed E-state index contributed by atoms with van der Waals surface area (Å²) < 4.78 is 26.5. The van der Waals surface area contributed by atoms with E-state index in [1.807, 2.05) is 18.2 Å². The summed E-state index contributed by atoms with van der Waals surface area (Å²) in [5.41, 5.74) is 0. The van der Waals surface area contributed by atoms with E-state index < -0.39 is 10.0 Å². The molecule has 0 atom stereocenters. The minimum Gasteiger partial charge on any atom is -0.250 e. The van der Waals surface area contributed by atoms with E-state index >= 15 is 0 Å². The molecular formula is C13H13ClN2O2S2. The van der Waals surface area contributed by atoms with Crippen LogP contribution in [0.25, 0.3) is 0 Å². The van der Waals surface area contributed by atoms with Crippen molar-refractivity contribution in [2.75, 3.05) is 12.3 Å². The van der Waals surface area contributed by atoms with E-state index in [-0.39, 0.29) is 4.90 Å². The normalized spacial score (nSPS) is 11.4. The quantitative estimate of drug-likeness (QED) is 0.654. The number of benzene rings is 1. The van der Waals surface area contributed by atoms with Gasteiger partial charge in [-0.1, -0.05) is 17.7 Å². The van der Waals surface area contributed by atoms with E-state index in [0.29, 0.717) is 17.3 Å². The fourth-order valence-electron chi connectivity index (χ4n) is 1.46. The van der Waals surface area contributed by atoms with E-state index in [1.54, 1.807) is 18.3 Å². The first kappa shape index (κ1) is 15.3. The lowest BCUT2D eigenvalue weighted by Gasteiger charge is -2.06. The Morgan fingerprint density at radius 2 is 1.90 bits per heavy atom. The van der Waals surface area contributed by atoms with E-state index in [2.05, 4.69) is 9.71 Å². The number of nitrogens with one attached hydrogen (secondary N) is 1. The molecule has 2 rings (SSSR count). The molecule has 1 N–H and O–H groups in total. The Bertz CT molecular complexity index is 646. The summed E-state index contributed by atoms with van der Waals surface area (Å²) in [6, 6.07) is 11.7. The van der Waals surface area contributed by atoms with E-state index in [1.165, 1.54) is 23.9 Å². The highest BCUT2D eigenvalue weighted by atomic mass is 35.5. The largest absolute Gasteiger partial charge is 0.250 e. The molecule has 0 bridgehead atoms. The van der Waals surface area contributed by atoms with Crippen LogP contribution in [-0.2, 0) is 10.0 Å². The Morgan fingerprint density at radius 3 is 2.55 bits per heavy atom. The summed E-state index contributed by atoms with van der Waals surface area (Å²) in [4.78, 5) is 4.36. The zero-order valence-electron chi connectivity index (χ0n) is 10.5. The molecular weight excluding hydrogens is 316 g/mol. The predicted molar refractivity (Wildman–Crippen MR) is 81.6 cm³/mol. The van der Waals surface area contributed by atoms with E-state index in [4.69, 9.17) is 11.6 Å². The van der Waals surface area contributed by atoms with Crippen molar-refractivity contribution in [3.8, 4) is 0 Å². The van der Waals surface area contributed by atoms with Gasteiger partial charge < -0.3 is 0 Å². The first-order chi connectivity index (χ1) is 9.58. The Kier molecular flexibility index (Phi) is 5.42. The minimum absolute atomic E-state index is 0.213. The smallest absolute Gasteiger partial charge is 0.240 e. The average molecular weight is 329 g/mol. The predicted octanol–water partition coefficient (Wildman–Crippen LogP) is 2.81. The van der Waals surface area contributed by atoms with Crippen molar-refractivity contribution in [2.24, 2.45) is 0 Å². The number of sulfonamides is 1. The van der Waals surface area contributed by atoms with Gasteiger partial charge in [0.05, 0.1) is 9.92 Å². The molecule has 0 unspecified atom stereocenters. The molecule has 0 amide bonds. The number of thioether (sulfide) groups is 1. The molecule has 0 saturated heterocycles. The van der Waals surface area contributed by atoms with Crippen LogP contribution in [0, 0.1) is 0 Å². The lowest BCUT2D eigenvalue weighted by Crippen LogP contribution is -2.26. The molecule has 0 radical (unpaired) electrons. The van der Waals surface area contributed by atoms with Gasteiger partial charge in [-0.3, -0.25) is 0 Å². The summed E-state index contributed by atoms with van der Waals surface area (Å²) in [6.45, 7) is 0.339. The summed E-state index contributed by atoms with van der Waals surface area (Å²) in [6.07, 6.45) is 1.71. The first-order valence-corrected chi connectivity index (χ1v) is 8.72. The summed E-state index contributed by atoms with van der Waals surface area (Å²) in [5.74, 6) is 0.615. The van der Waals surface area contributed by atoms with Crippen molar-refractivity contribution in [1.82, 2.24) is 9.71 Å². The van der Waals surface area contributed by atoms with Crippen molar-refractivity contribution >= 4 is 33.4 Å². The Hall–Kier alpha value is -1.08. The van der Waals surface area contributed by atoms with Gasteiger partial charge in [0, 0.05) is 23.5 Å². The summed E-state index contributed by atoms with van der Waals surface area (Å²) in [7, 11) is -3.47. The second kappa shape index (κ2) is 7.08.